The molecule has 0 saturated carbocycles. The summed E-state index contributed by atoms with van der Waals surface area (Å²) in [6.07, 6.45) is 22.8. The normalized spacial score (nSPS) is 15.7. The minimum atomic E-state index is 0.915. The lowest BCUT2D eigenvalue weighted by atomic mass is 10.0. The van der Waals surface area contributed by atoms with Crippen LogP contribution < -0.4 is 5.32 Å². The molecule has 0 spiro atoms. The summed E-state index contributed by atoms with van der Waals surface area (Å²) in [5.41, 5.74) is 0. The number of hydrogen-bond acceptors (Lipinski definition) is 3. The third-order valence-corrected chi connectivity index (χ3v) is 5.35. The van der Waals surface area contributed by atoms with Gasteiger partial charge in [-0.1, -0.05) is 103 Å². The van der Waals surface area contributed by atoms with Crippen LogP contribution in [0, 0.1) is 0 Å². The Morgan fingerprint density at radius 2 is 1.00 bits per heavy atom. The molecule has 0 amide bonds. The maximum atomic E-state index is 5.80. The zero-order chi connectivity index (χ0) is 17.8. The fourth-order valence-electron chi connectivity index (χ4n) is 3.62. The maximum absolute atomic E-state index is 5.80. The smallest absolute Gasteiger partial charge is 0.0685 e. The molecule has 0 atom stereocenters. The summed E-state index contributed by atoms with van der Waals surface area (Å²) in [6.45, 7) is 7.43. The molecule has 3 heteroatoms. The van der Waals surface area contributed by atoms with E-state index in [0.717, 1.165) is 32.8 Å². The standard InChI is InChI=1S/C22H46N2O/c1-2-3-4-5-6-7-8-9-10-11-12-13-14-15-16-17-22-25-24-20-18-23-19-21-24/h23H,2-22H2,1H3. The van der Waals surface area contributed by atoms with Crippen molar-refractivity contribution in [3.63, 3.8) is 0 Å². The highest BCUT2D eigenvalue weighted by atomic mass is 16.7. The summed E-state index contributed by atoms with van der Waals surface area (Å²) >= 11 is 0. The van der Waals surface area contributed by atoms with Crippen LogP contribution in [0.15, 0.2) is 0 Å². The summed E-state index contributed by atoms with van der Waals surface area (Å²) in [7, 11) is 0. The van der Waals surface area contributed by atoms with Gasteiger partial charge in [-0.15, -0.1) is 0 Å². The van der Waals surface area contributed by atoms with Crippen LogP contribution in [0.1, 0.15) is 110 Å². The molecular weight excluding hydrogens is 308 g/mol. The molecule has 1 rings (SSSR count). The minimum Gasteiger partial charge on any atom is -0.314 e. The van der Waals surface area contributed by atoms with Gasteiger partial charge in [-0.05, 0) is 6.42 Å². The molecule has 0 aromatic rings. The Labute approximate surface area is 158 Å². The van der Waals surface area contributed by atoms with Gasteiger partial charge in [-0.25, -0.2) is 0 Å². The van der Waals surface area contributed by atoms with E-state index in [-0.39, 0.29) is 0 Å². The van der Waals surface area contributed by atoms with Crippen molar-refractivity contribution in [1.29, 1.82) is 0 Å². The highest BCUT2D eigenvalue weighted by Crippen LogP contribution is 2.13. The molecule has 1 aliphatic heterocycles. The number of nitrogens with one attached hydrogen (secondary N) is 1. The molecule has 1 fully saturated rings. The van der Waals surface area contributed by atoms with Crippen molar-refractivity contribution < 1.29 is 4.84 Å². The van der Waals surface area contributed by atoms with Gasteiger partial charge in [-0.2, -0.15) is 5.06 Å². The first-order valence-corrected chi connectivity index (χ1v) is 11.5. The average Bonchev–Trinajstić information content (AvgIpc) is 2.65. The van der Waals surface area contributed by atoms with E-state index in [0.29, 0.717) is 0 Å². The van der Waals surface area contributed by atoms with Crippen LogP contribution >= 0.6 is 0 Å². The van der Waals surface area contributed by atoms with E-state index in [1.165, 1.54) is 103 Å². The van der Waals surface area contributed by atoms with Gasteiger partial charge >= 0.3 is 0 Å². The van der Waals surface area contributed by atoms with Gasteiger partial charge in [0.25, 0.3) is 0 Å². The monoisotopic (exact) mass is 354 g/mol. The molecular formula is C22H46N2O. The molecule has 1 heterocycles. The molecule has 1 N–H and O–H groups in total. The van der Waals surface area contributed by atoms with Crippen molar-refractivity contribution in [3.05, 3.63) is 0 Å². The summed E-state index contributed by atoms with van der Waals surface area (Å²) in [5.74, 6) is 0. The fraction of sp³-hybridized carbons (Fsp3) is 1.00. The second kappa shape index (κ2) is 18.7. The first kappa shape index (κ1) is 22.9. The molecule has 0 aliphatic carbocycles. The van der Waals surface area contributed by atoms with E-state index in [1.54, 1.807) is 0 Å². The van der Waals surface area contributed by atoms with Crippen LogP contribution in [0.25, 0.3) is 0 Å². The SMILES string of the molecule is CCCCCCCCCCCCCCCCCCON1CCNCC1. The van der Waals surface area contributed by atoms with E-state index < -0.39 is 0 Å². The minimum absolute atomic E-state index is 0.915. The summed E-state index contributed by atoms with van der Waals surface area (Å²) in [4.78, 5) is 5.80. The molecule has 25 heavy (non-hydrogen) atoms. The van der Waals surface area contributed by atoms with Gasteiger partial charge in [0.1, 0.15) is 0 Å². The van der Waals surface area contributed by atoms with Crippen LogP contribution in [0.5, 0.6) is 0 Å². The van der Waals surface area contributed by atoms with Crippen molar-refractivity contribution in [2.45, 2.75) is 110 Å². The Bertz CT molecular complexity index is 254. The predicted octanol–water partition coefficient (Wildman–Crippen LogP) is 6.08. The zero-order valence-electron chi connectivity index (χ0n) is 17.2. The van der Waals surface area contributed by atoms with Crippen LogP contribution in [0.2, 0.25) is 0 Å². The number of nitrogens with zero attached hydrogens (tertiary/aromatic N) is 1. The van der Waals surface area contributed by atoms with Gasteiger partial charge < -0.3 is 5.32 Å². The van der Waals surface area contributed by atoms with E-state index in [9.17, 15) is 0 Å². The summed E-state index contributed by atoms with van der Waals surface area (Å²) in [5, 5.41) is 5.48. The molecule has 150 valence electrons. The lowest BCUT2D eigenvalue weighted by Gasteiger charge is -2.26. The number of piperazine rings is 1. The van der Waals surface area contributed by atoms with E-state index >= 15 is 0 Å². The van der Waals surface area contributed by atoms with Crippen LogP contribution in [0.3, 0.4) is 0 Å². The van der Waals surface area contributed by atoms with Gasteiger partial charge in [-0.3, -0.25) is 4.84 Å². The number of hydrogen-bond donors (Lipinski definition) is 1. The lowest BCUT2D eigenvalue weighted by molar-refractivity contribution is -0.165. The Balaban J connectivity index is 1.65. The number of hydroxylamine groups is 2. The maximum Gasteiger partial charge on any atom is 0.0685 e. The Hall–Kier alpha value is -0.120. The Kier molecular flexibility index (Phi) is 17.1. The molecule has 0 radical (unpaired) electrons. The van der Waals surface area contributed by atoms with Crippen molar-refractivity contribution in [2.24, 2.45) is 0 Å². The lowest BCUT2D eigenvalue weighted by Crippen LogP contribution is -2.43. The van der Waals surface area contributed by atoms with Crippen molar-refractivity contribution >= 4 is 0 Å². The van der Waals surface area contributed by atoms with Crippen LogP contribution in [0.4, 0.5) is 0 Å². The first-order chi connectivity index (χ1) is 12.4. The van der Waals surface area contributed by atoms with Crippen LogP contribution in [-0.4, -0.2) is 37.8 Å². The van der Waals surface area contributed by atoms with E-state index in [2.05, 4.69) is 17.3 Å². The molecule has 1 aliphatic rings. The van der Waals surface area contributed by atoms with Gasteiger partial charge in [0.2, 0.25) is 0 Å². The number of unbranched alkanes of at least 4 members (excludes halogenated alkanes) is 15. The second-order valence-electron chi connectivity index (χ2n) is 7.82. The Morgan fingerprint density at radius 1 is 0.600 bits per heavy atom. The van der Waals surface area contributed by atoms with Crippen molar-refractivity contribution in [2.75, 3.05) is 32.8 Å². The predicted molar refractivity (Wildman–Crippen MR) is 110 cm³/mol. The Morgan fingerprint density at radius 3 is 1.44 bits per heavy atom. The summed E-state index contributed by atoms with van der Waals surface area (Å²) in [6, 6.07) is 0. The van der Waals surface area contributed by atoms with Gasteiger partial charge in [0.05, 0.1) is 6.61 Å². The molecule has 0 bridgehead atoms. The van der Waals surface area contributed by atoms with E-state index in [1.807, 2.05) is 0 Å². The average molecular weight is 355 g/mol. The topological polar surface area (TPSA) is 24.5 Å². The van der Waals surface area contributed by atoms with Gasteiger partial charge in [0.15, 0.2) is 0 Å². The highest BCUT2D eigenvalue weighted by molar-refractivity contribution is 4.60. The fourth-order valence-corrected chi connectivity index (χ4v) is 3.62. The van der Waals surface area contributed by atoms with E-state index in [4.69, 9.17) is 4.84 Å². The van der Waals surface area contributed by atoms with Crippen molar-refractivity contribution in [1.82, 2.24) is 10.4 Å². The van der Waals surface area contributed by atoms with Crippen LogP contribution in [-0.2, 0) is 4.84 Å². The highest BCUT2D eigenvalue weighted by Gasteiger charge is 2.08. The quantitative estimate of drug-likeness (QED) is 0.302. The first-order valence-electron chi connectivity index (χ1n) is 11.5. The van der Waals surface area contributed by atoms with Crippen molar-refractivity contribution in [3.8, 4) is 0 Å². The largest absolute Gasteiger partial charge is 0.314 e. The molecule has 0 aromatic carbocycles. The molecule has 3 nitrogen and oxygen atoms in total. The van der Waals surface area contributed by atoms with Gasteiger partial charge in [0, 0.05) is 26.2 Å². The third kappa shape index (κ3) is 15.8. The zero-order valence-corrected chi connectivity index (χ0v) is 17.2. The molecule has 0 aromatic heterocycles. The third-order valence-electron chi connectivity index (χ3n) is 5.35. The number of rotatable bonds is 18. The molecule has 1 saturated heterocycles. The molecule has 0 unspecified atom stereocenters. The summed E-state index contributed by atoms with van der Waals surface area (Å²) < 4.78 is 0. The second-order valence-corrected chi connectivity index (χ2v) is 7.82.